The zero-order chi connectivity index (χ0) is 19.2. The highest BCUT2D eigenvalue weighted by molar-refractivity contribution is 7.98. The van der Waals surface area contributed by atoms with Crippen LogP contribution in [0.4, 0.5) is 5.69 Å². The highest BCUT2D eigenvalue weighted by Gasteiger charge is 2.16. The van der Waals surface area contributed by atoms with Gasteiger partial charge in [0.15, 0.2) is 0 Å². The first-order valence-corrected chi connectivity index (χ1v) is 9.95. The molecule has 1 aliphatic rings. The average Bonchev–Trinajstić information content (AvgIpc) is 2.63. The zero-order valence-electron chi connectivity index (χ0n) is 15.5. The van der Waals surface area contributed by atoms with E-state index in [2.05, 4.69) is 15.0 Å². The van der Waals surface area contributed by atoms with Crippen molar-refractivity contribution in [2.45, 2.75) is 24.3 Å². The molecule has 0 spiro atoms. The Bertz CT molecular complexity index is 854. The maximum absolute atomic E-state index is 12.5. The summed E-state index contributed by atoms with van der Waals surface area (Å²) in [6.07, 6.45) is 2.99. The van der Waals surface area contributed by atoms with Gasteiger partial charge in [0.05, 0.1) is 12.8 Å². The van der Waals surface area contributed by atoms with E-state index in [-0.39, 0.29) is 12.3 Å². The predicted molar refractivity (Wildman–Crippen MR) is 114 cm³/mol. The molecular formula is C20H23ClN4OS. The fourth-order valence-electron chi connectivity index (χ4n) is 2.93. The van der Waals surface area contributed by atoms with Crippen LogP contribution in [0.5, 0.6) is 0 Å². The number of nitrogens with one attached hydrogen (secondary N) is 2. The number of anilines is 1. The van der Waals surface area contributed by atoms with Crippen LogP contribution in [0, 0.1) is 0 Å². The van der Waals surface area contributed by atoms with Gasteiger partial charge in [0.2, 0.25) is 5.91 Å². The lowest BCUT2D eigenvalue weighted by Crippen LogP contribution is -2.24. The number of hydrogen-bond acceptors (Lipinski definition) is 4. The minimum Gasteiger partial charge on any atom is -0.368 e. The van der Waals surface area contributed by atoms with Gasteiger partial charge in [0.1, 0.15) is 0 Å². The van der Waals surface area contributed by atoms with E-state index in [1.54, 1.807) is 12.4 Å². The SMILES string of the molecule is CN(C)/C=N/Sc1cc(NC(=O)Cc2ccccc2Cl)cc2c1CCNC2. The Morgan fingerprint density at radius 1 is 1.37 bits per heavy atom. The number of carbonyl (C=O) groups excluding carboxylic acids is 1. The van der Waals surface area contributed by atoms with E-state index >= 15 is 0 Å². The van der Waals surface area contributed by atoms with Gasteiger partial charge < -0.3 is 15.5 Å². The van der Waals surface area contributed by atoms with E-state index in [0.29, 0.717) is 5.02 Å². The molecule has 0 bridgehead atoms. The number of rotatable bonds is 6. The van der Waals surface area contributed by atoms with Crippen LogP contribution in [0.15, 0.2) is 45.7 Å². The van der Waals surface area contributed by atoms with Crippen LogP contribution in [0.2, 0.25) is 5.02 Å². The monoisotopic (exact) mass is 402 g/mol. The van der Waals surface area contributed by atoms with Gasteiger partial charge in [-0.3, -0.25) is 4.79 Å². The first kappa shape index (κ1) is 19.7. The number of hydrogen-bond donors (Lipinski definition) is 2. The second-order valence-corrected chi connectivity index (χ2v) is 7.87. The van der Waals surface area contributed by atoms with Crippen LogP contribution in [-0.4, -0.2) is 37.8 Å². The molecule has 2 N–H and O–H groups in total. The highest BCUT2D eigenvalue weighted by Crippen LogP contribution is 2.32. The second-order valence-electron chi connectivity index (χ2n) is 6.63. The summed E-state index contributed by atoms with van der Waals surface area (Å²) in [6, 6.07) is 11.5. The predicted octanol–water partition coefficient (Wildman–Crippen LogP) is 3.76. The second kappa shape index (κ2) is 9.26. The van der Waals surface area contributed by atoms with Gasteiger partial charge in [-0.25, -0.2) is 4.40 Å². The molecule has 2 aromatic rings. The van der Waals surface area contributed by atoms with Gasteiger partial charge in [-0.2, -0.15) is 0 Å². The number of amides is 1. The maximum atomic E-state index is 12.5. The van der Waals surface area contributed by atoms with Crippen LogP contribution < -0.4 is 10.6 Å². The van der Waals surface area contributed by atoms with Crippen LogP contribution in [0.1, 0.15) is 16.7 Å². The van der Waals surface area contributed by atoms with E-state index in [9.17, 15) is 4.79 Å². The lowest BCUT2D eigenvalue weighted by molar-refractivity contribution is -0.115. The molecule has 0 aliphatic carbocycles. The van der Waals surface area contributed by atoms with Crippen molar-refractivity contribution in [3.8, 4) is 0 Å². The Balaban J connectivity index is 1.78. The molecule has 0 unspecified atom stereocenters. The standard InChI is InChI=1S/C20H23ClN4OS/c1-25(2)13-23-27-19-11-16(9-15-12-22-8-7-17(15)19)24-20(26)10-14-5-3-4-6-18(14)21/h3-6,9,11,13,22H,7-8,10,12H2,1-2H3,(H,24,26)/b23-13+. The summed E-state index contributed by atoms with van der Waals surface area (Å²) in [5.74, 6) is -0.0837. The van der Waals surface area contributed by atoms with E-state index in [1.807, 2.05) is 49.3 Å². The quantitative estimate of drug-likeness (QED) is 0.438. The summed E-state index contributed by atoms with van der Waals surface area (Å²) in [6.45, 7) is 1.75. The van der Waals surface area contributed by atoms with E-state index in [0.717, 1.165) is 35.7 Å². The number of nitrogens with zero attached hydrogens (tertiary/aromatic N) is 2. The molecule has 0 radical (unpaired) electrons. The molecule has 27 heavy (non-hydrogen) atoms. The first-order chi connectivity index (χ1) is 13.0. The van der Waals surface area contributed by atoms with E-state index in [1.165, 1.54) is 23.1 Å². The van der Waals surface area contributed by atoms with Crippen molar-refractivity contribution in [3.63, 3.8) is 0 Å². The van der Waals surface area contributed by atoms with Crippen molar-refractivity contribution in [1.82, 2.24) is 10.2 Å². The zero-order valence-corrected chi connectivity index (χ0v) is 17.0. The molecule has 0 aromatic heterocycles. The molecule has 0 saturated heterocycles. The van der Waals surface area contributed by atoms with Crippen LogP contribution in [-0.2, 0) is 24.2 Å². The number of halogens is 1. The van der Waals surface area contributed by atoms with Crippen molar-refractivity contribution >= 4 is 41.5 Å². The Morgan fingerprint density at radius 3 is 2.96 bits per heavy atom. The van der Waals surface area contributed by atoms with Crippen molar-refractivity contribution in [3.05, 3.63) is 58.1 Å². The average molecular weight is 403 g/mol. The molecule has 0 atom stereocenters. The fraction of sp³-hybridized carbons (Fsp3) is 0.300. The molecule has 2 aromatic carbocycles. The summed E-state index contributed by atoms with van der Waals surface area (Å²) in [4.78, 5) is 15.5. The molecule has 1 amide bonds. The molecule has 3 rings (SSSR count). The minimum absolute atomic E-state index is 0.0837. The molecule has 142 valence electrons. The maximum Gasteiger partial charge on any atom is 0.228 e. The van der Waals surface area contributed by atoms with Crippen molar-refractivity contribution in [1.29, 1.82) is 0 Å². The summed E-state index contributed by atoms with van der Waals surface area (Å²) < 4.78 is 4.42. The van der Waals surface area contributed by atoms with Gasteiger partial charge in [0.25, 0.3) is 0 Å². The summed E-state index contributed by atoms with van der Waals surface area (Å²) >= 11 is 7.60. The third-order valence-electron chi connectivity index (χ3n) is 4.19. The summed E-state index contributed by atoms with van der Waals surface area (Å²) in [5.41, 5.74) is 4.12. The summed E-state index contributed by atoms with van der Waals surface area (Å²) in [5, 5.41) is 7.00. The highest BCUT2D eigenvalue weighted by atomic mass is 35.5. The van der Waals surface area contributed by atoms with Gasteiger partial charge in [-0.15, -0.1) is 0 Å². The van der Waals surface area contributed by atoms with Crippen molar-refractivity contribution < 1.29 is 4.79 Å². The van der Waals surface area contributed by atoms with Gasteiger partial charge in [-0.05, 0) is 47.9 Å². The molecule has 1 heterocycles. The lowest BCUT2D eigenvalue weighted by Gasteiger charge is -2.21. The fourth-order valence-corrected chi connectivity index (χ4v) is 4.00. The van der Waals surface area contributed by atoms with Crippen LogP contribution >= 0.6 is 23.5 Å². The minimum atomic E-state index is -0.0837. The van der Waals surface area contributed by atoms with Crippen molar-refractivity contribution in [2.24, 2.45) is 4.40 Å². The normalized spacial score (nSPS) is 13.4. The molecular weight excluding hydrogens is 380 g/mol. The van der Waals surface area contributed by atoms with E-state index < -0.39 is 0 Å². The number of fused-ring (bicyclic) bond motifs is 1. The number of carbonyl (C=O) groups is 1. The molecule has 0 saturated carbocycles. The lowest BCUT2D eigenvalue weighted by atomic mass is 10.00. The largest absolute Gasteiger partial charge is 0.368 e. The number of benzene rings is 2. The van der Waals surface area contributed by atoms with Crippen molar-refractivity contribution in [2.75, 3.05) is 26.0 Å². The topological polar surface area (TPSA) is 56.7 Å². The Morgan fingerprint density at radius 2 is 2.19 bits per heavy atom. The van der Waals surface area contributed by atoms with Gasteiger partial charge >= 0.3 is 0 Å². The Hall–Kier alpha value is -2.02. The molecule has 7 heteroatoms. The Labute approximate surface area is 169 Å². The molecule has 5 nitrogen and oxygen atoms in total. The summed E-state index contributed by atoms with van der Waals surface area (Å²) in [7, 11) is 3.88. The van der Waals surface area contributed by atoms with Crippen LogP contribution in [0.25, 0.3) is 0 Å². The molecule has 0 fully saturated rings. The third kappa shape index (κ3) is 5.48. The van der Waals surface area contributed by atoms with Gasteiger partial charge in [-0.1, -0.05) is 29.8 Å². The van der Waals surface area contributed by atoms with Gasteiger partial charge in [0, 0.05) is 48.2 Å². The van der Waals surface area contributed by atoms with Crippen LogP contribution in [0.3, 0.4) is 0 Å². The Kier molecular flexibility index (Phi) is 6.77. The smallest absolute Gasteiger partial charge is 0.228 e. The first-order valence-electron chi connectivity index (χ1n) is 8.79. The molecule has 1 aliphatic heterocycles. The third-order valence-corrected chi connectivity index (χ3v) is 5.32. The van der Waals surface area contributed by atoms with E-state index in [4.69, 9.17) is 11.6 Å².